The number of hydrogen-bond acceptors (Lipinski definition) is 5. The third-order valence-corrected chi connectivity index (χ3v) is 5.18. The minimum absolute atomic E-state index is 0.0899. The van der Waals surface area contributed by atoms with Crippen molar-refractivity contribution in [1.82, 2.24) is 10.3 Å². The number of carboxylic acids is 1. The molecular weight excluding hydrogens is 462 g/mol. The number of pyridine rings is 1. The predicted molar refractivity (Wildman–Crippen MR) is 136 cm³/mol. The highest BCUT2D eigenvalue weighted by molar-refractivity contribution is 6.00. The number of hydrogen-bond donors (Lipinski definition) is 5. The molecule has 1 aromatic heterocycles. The molecule has 0 radical (unpaired) electrons. The van der Waals surface area contributed by atoms with E-state index in [-0.39, 0.29) is 30.7 Å². The molecule has 1 heterocycles. The van der Waals surface area contributed by atoms with Crippen molar-refractivity contribution >= 4 is 41.0 Å². The molecule has 0 aliphatic rings. The van der Waals surface area contributed by atoms with E-state index in [1.807, 2.05) is 31.2 Å². The average Bonchev–Trinajstić information content (AvgIpc) is 2.81. The van der Waals surface area contributed by atoms with Crippen LogP contribution in [-0.2, 0) is 20.8 Å². The summed E-state index contributed by atoms with van der Waals surface area (Å²) in [4.78, 5) is 51.2. The number of aromatic nitrogens is 1. The van der Waals surface area contributed by atoms with E-state index >= 15 is 0 Å². The highest BCUT2D eigenvalue weighted by atomic mass is 16.4. The molecule has 0 saturated heterocycles. The molecule has 5 N–H and O–H groups in total. The van der Waals surface area contributed by atoms with Crippen molar-refractivity contribution < 1.29 is 24.3 Å². The standard InChI is InChI=1S/C26H27N5O5/c1-16-5-3-4-6-21(16)30-26(36)29-20-10-7-18(8-11-20)13-24(33)31-23-12-9-19(15-27-23)22(14-25(34)35)28-17(2)32/h3-12,15,22H,13-14H2,1-2H3,(H,28,32)(H,34,35)(H,27,31,33)(H2,29,30,36). The Morgan fingerprint density at radius 3 is 2.25 bits per heavy atom. The summed E-state index contributed by atoms with van der Waals surface area (Å²) in [5.74, 6) is -1.41. The maximum Gasteiger partial charge on any atom is 0.323 e. The number of carbonyl (C=O) groups excluding carboxylic acids is 3. The molecule has 186 valence electrons. The minimum atomic E-state index is -1.06. The molecule has 0 spiro atoms. The van der Waals surface area contributed by atoms with E-state index < -0.39 is 12.0 Å². The SMILES string of the molecule is CC(=O)NC(CC(=O)O)c1ccc(NC(=O)Cc2ccc(NC(=O)Nc3ccccc3C)cc2)nc1. The zero-order chi connectivity index (χ0) is 26.1. The van der Waals surface area contributed by atoms with Crippen LogP contribution in [0.1, 0.15) is 36.1 Å². The largest absolute Gasteiger partial charge is 0.481 e. The fourth-order valence-corrected chi connectivity index (χ4v) is 3.43. The summed E-state index contributed by atoms with van der Waals surface area (Å²) < 4.78 is 0. The number of urea groups is 1. The summed E-state index contributed by atoms with van der Waals surface area (Å²) in [7, 11) is 0. The van der Waals surface area contributed by atoms with Crippen LogP contribution in [0.25, 0.3) is 0 Å². The lowest BCUT2D eigenvalue weighted by atomic mass is 10.1. The quantitative estimate of drug-likeness (QED) is 0.308. The molecule has 1 unspecified atom stereocenters. The Morgan fingerprint density at radius 2 is 1.64 bits per heavy atom. The molecule has 0 bridgehead atoms. The van der Waals surface area contributed by atoms with Gasteiger partial charge >= 0.3 is 12.0 Å². The van der Waals surface area contributed by atoms with Gasteiger partial charge in [-0.25, -0.2) is 9.78 Å². The van der Waals surface area contributed by atoms with Gasteiger partial charge in [-0.1, -0.05) is 36.4 Å². The first kappa shape index (κ1) is 25.9. The summed E-state index contributed by atoms with van der Waals surface area (Å²) in [5.41, 5.74) is 3.50. The molecule has 0 saturated carbocycles. The molecule has 3 rings (SSSR count). The molecule has 0 aliphatic heterocycles. The molecule has 2 aromatic carbocycles. The second-order valence-electron chi connectivity index (χ2n) is 8.14. The van der Waals surface area contributed by atoms with Crippen molar-refractivity contribution in [1.29, 1.82) is 0 Å². The molecule has 36 heavy (non-hydrogen) atoms. The predicted octanol–water partition coefficient (Wildman–Crippen LogP) is 3.87. The maximum atomic E-state index is 12.4. The van der Waals surface area contributed by atoms with Crippen molar-refractivity contribution in [2.24, 2.45) is 0 Å². The van der Waals surface area contributed by atoms with E-state index in [1.54, 1.807) is 36.4 Å². The first-order chi connectivity index (χ1) is 17.2. The zero-order valence-corrected chi connectivity index (χ0v) is 19.9. The fraction of sp³-hybridized carbons (Fsp3) is 0.192. The zero-order valence-electron chi connectivity index (χ0n) is 19.9. The van der Waals surface area contributed by atoms with Gasteiger partial charge in [-0.3, -0.25) is 14.4 Å². The number of nitrogens with one attached hydrogen (secondary N) is 4. The van der Waals surface area contributed by atoms with Gasteiger partial charge in [0.1, 0.15) is 5.82 Å². The van der Waals surface area contributed by atoms with Crippen LogP contribution >= 0.6 is 0 Å². The van der Waals surface area contributed by atoms with Gasteiger partial charge in [-0.15, -0.1) is 0 Å². The van der Waals surface area contributed by atoms with Crippen LogP contribution in [0.2, 0.25) is 0 Å². The fourth-order valence-electron chi connectivity index (χ4n) is 3.43. The van der Waals surface area contributed by atoms with Gasteiger partial charge in [0.15, 0.2) is 0 Å². The lowest BCUT2D eigenvalue weighted by molar-refractivity contribution is -0.137. The third-order valence-electron chi connectivity index (χ3n) is 5.18. The minimum Gasteiger partial charge on any atom is -0.481 e. The van der Waals surface area contributed by atoms with E-state index in [9.17, 15) is 19.2 Å². The Kier molecular flexibility index (Phi) is 8.71. The number of aryl methyl sites for hydroxylation is 1. The first-order valence-corrected chi connectivity index (χ1v) is 11.2. The molecule has 0 fully saturated rings. The Labute approximate surface area is 208 Å². The number of amides is 4. The van der Waals surface area contributed by atoms with E-state index in [0.29, 0.717) is 17.1 Å². The van der Waals surface area contributed by atoms with Crippen molar-refractivity contribution in [2.75, 3.05) is 16.0 Å². The van der Waals surface area contributed by atoms with Crippen molar-refractivity contribution in [3.8, 4) is 0 Å². The Hall–Kier alpha value is -4.73. The molecule has 10 heteroatoms. The highest BCUT2D eigenvalue weighted by Crippen LogP contribution is 2.18. The number of anilines is 3. The van der Waals surface area contributed by atoms with Crippen LogP contribution in [0.3, 0.4) is 0 Å². The summed E-state index contributed by atoms with van der Waals surface area (Å²) in [6.07, 6.45) is 1.22. The number of carbonyl (C=O) groups is 4. The van der Waals surface area contributed by atoms with Crippen LogP contribution in [0.5, 0.6) is 0 Å². The van der Waals surface area contributed by atoms with Gasteiger partial charge in [0, 0.05) is 24.5 Å². The van der Waals surface area contributed by atoms with Crippen molar-refractivity contribution in [2.45, 2.75) is 32.7 Å². The number of aliphatic carboxylic acids is 1. The third kappa shape index (κ3) is 7.94. The Balaban J connectivity index is 1.52. The summed E-state index contributed by atoms with van der Waals surface area (Å²) in [6.45, 7) is 3.21. The van der Waals surface area contributed by atoms with Gasteiger partial charge in [0.2, 0.25) is 11.8 Å². The normalized spacial score (nSPS) is 11.2. The van der Waals surface area contributed by atoms with Gasteiger partial charge in [-0.2, -0.15) is 0 Å². The van der Waals surface area contributed by atoms with E-state index in [1.165, 1.54) is 13.1 Å². The van der Waals surface area contributed by atoms with E-state index in [4.69, 9.17) is 5.11 Å². The molecule has 3 aromatic rings. The van der Waals surface area contributed by atoms with E-state index in [0.717, 1.165) is 16.8 Å². The number of rotatable bonds is 9. The van der Waals surface area contributed by atoms with Gasteiger partial charge < -0.3 is 26.4 Å². The maximum absolute atomic E-state index is 12.4. The summed E-state index contributed by atoms with van der Waals surface area (Å²) in [6, 6.07) is 16.4. The molecule has 1 atom stereocenters. The van der Waals surface area contributed by atoms with Gasteiger partial charge in [0.25, 0.3) is 0 Å². The lowest BCUT2D eigenvalue weighted by Crippen LogP contribution is -2.28. The van der Waals surface area contributed by atoms with Gasteiger partial charge in [-0.05, 0) is 47.9 Å². The molecule has 4 amide bonds. The molecule has 0 aliphatic carbocycles. The number of benzene rings is 2. The monoisotopic (exact) mass is 489 g/mol. The van der Waals surface area contributed by atoms with Crippen LogP contribution < -0.4 is 21.3 Å². The van der Waals surface area contributed by atoms with Crippen LogP contribution in [0, 0.1) is 6.92 Å². The number of nitrogens with zero attached hydrogens (tertiary/aromatic N) is 1. The van der Waals surface area contributed by atoms with Crippen LogP contribution in [0.4, 0.5) is 22.0 Å². The highest BCUT2D eigenvalue weighted by Gasteiger charge is 2.17. The van der Waals surface area contributed by atoms with E-state index in [2.05, 4.69) is 26.3 Å². The summed E-state index contributed by atoms with van der Waals surface area (Å²) >= 11 is 0. The Morgan fingerprint density at radius 1 is 0.917 bits per heavy atom. The Bertz CT molecular complexity index is 1230. The van der Waals surface area contributed by atoms with Crippen LogP contribution in [0.15, 0.2) is 66.9 Å². The first-order valence-electron chi connectivity index (χ1n) is 11.2. The molecule has 10 nitrogen and oxygen atoms in total. The van der Waals surface area contributed by atoms with Crippen LogP contribution in [-0.4, -0.2) is 33.9 Å². The summed E-state index contributed by atoms with van der Waals surface area (Å²) in [5, 5.41) is 19.9. The number of carboxylic acid groups (broad SMARTS) is 1. The van der Waals surface area contributed by atoms with Gasteiger partial charge in [0.05, 0.1) is 18.9 Å². The topological polar surface area (TPSA) is 150 Å². The van der Waals surface area contributed by atoms with Crippen molar-refractivity contribution in [3.05, 3.63) is 83.6 Å². The number of para-hydroxylation sites is 1. The average molecular weight is 490 g/mol. The second-order valence-corrected chi connectivity index (χ2v) is 8.14. The smallest absolute Gasteiger partial charge is 0.323 e. The second kappa shape index (κ2) is 12.1. The lowest BCUT2D eigenvalue weighted by Gasteiger charge is -2.16. The molecular formula is C26H27N5O5. The van der Waals surface area contributed by atoms with Crippen molar-refractivity contribution in [3.63, 3.8) is 0 Å².